The molecule has 0 spiro atoms. The molecular formula is C9H18O3S. The Balaban J connectivity index is 2.90. The third-order valence-electron chi connectivity index (χ3n) is 3.01. The van der Waals surface area contributed by atoms with Crippen molar-refractivity contribution in [2.75, 3.05) is 6.26 Å². The lowest BCUT2D eigenvalue weighted by Crippen LogP contribution is -2.46. The number of hydrogen-bond donors (Lipinski definition) is 1. The lowest BCUT2D eigenvalue weighted by Gasteiger charge is -2.39. The quantitative estimate of drug-likeness (QED) is 0.695. The summed E-state index contributed by atoms with van der Waals surface area (Å²) in [5.41, 5.74) is -0.258. The molecule has 3 nitrogen and oxygen atoms in total. The second-order valence-electron chi connectivity index (χ2n) is 4.69. The Morgan fingerprint density at radius 1 is 1.38 bits per heavy atom. The summed E-state index contributed by atoms with van der Waals surface area (Å²) in [5.74, 6) is 0. The molecule has 0 aromatic heterocycles. The molecule has 0 aromatic rings. The highest BCUT2D eigenvalue weighted by Gasteiger charge is 2.42. The summed E-state index contributed by atoms with van der Waals surface area (Å²) in [6.45, 7) is 3.85. The van der Waals surface area contributed by atoms with Crippen molar-refractivity contribution in [1.29, 1.82) is 0 Å². The Bertz CT molecular complexity index is 279. The van der Waals surface area contributed by atoms with E-state index in [1.54, 1.807) is 0 Å². The first-order chi connectivity index (χ1) is 5.75. The number of rotatable bonds is 1. The van der Waals surface area contributed by atoms with Crippen molar-refractivity contribution in [3.63, 3.8) is 0 Å². The fourth-order valence-electron chi connectivity index (χ4n) is 2.02. The number of aliphatic hydroxyl groups is 1. The fourth-order valence-corrected chi connectivity index (χ4v) is 3.45. The zero-order chi connectivity index (χ0) is 10.3. The third-order valence-corrected chi connectivity index (χ3v) is 4.61. The number of aliphatic hydroxyl groups excluding tert-OH is 1. The van der Waals surface area contributed by atoms with Crippen LogP contribution >= 0.6 is 0 Å². The van der Waals surface area contributed by atoms with E-state index in [1.807, 2.05) is 13.8 Å². The second kappa shape index (κ2) is 3.24. The van der Waals surface area contributed by atoms with Crippen LogP contribution in [-0.4, -0.2) is 31.1 Å². The molecule has 2 unspecified atom stereocenters. The number of hydrogen-bond acceptors (Lipinski definition) is 3. The molecule has 4 heteroatoms. The van der Waals surface area contributed by atoms with Crippen LogP contribution in [0.4, 0.5) is 0 Å². The first-order valence-electron chi connectivity index (χ1n) is 4.62. The third kappa shape index (κ3) is 2.23. The molecule has 0 aliphatic heterocycles. The maximum Gasteiger partial charge on any atom is 0.152 e. The average molecular weight is 206 g/mol. The molecule has 1 saturated carbocycles. The van der Waals surface area contributed by atoms with Gasteiger partial charge in [0.05, 0.1) is 11.4 Å². The van der Waals surface area contributed by atoms with Crippen LogP contribution in [0, 0.1) is 5.41 Å². The van der Waals surface area contributed by atoms with Gasteiger partial charge in [0, 0.05) is 6.26 Å². The van der Waals surface area contributed by atoms with E-state index in [-0.39, 0.29) is 5.41 Å². The fraction of sp³-hybridized carbons (Fsp3) is 1.00. The Hall–Kier alpha value is -0.0900. The molecule has 0 saturated heterocycles. The Morgan fingerprint density at radius 3 is 2.31 bits per heavy atom. The highest BCUT2D eigenvalue weighted by atomic mass is 32.2. The van der Waals surface area contributed by atoms with Gasteiger partial charge in [-0.05, 0) is 18.3 Å². The van der Waals surface area contributed by atoms with E-state index in [9.17, 15) is 13.5 Å². The van der Waals surface area contributed by atoms with Gasteiger partial charge >= 0.3 is 0 Å². The van der Waals surface area contributed by atoms with E-state index >= 15 is 0 Å². The topological polar surface area (TPSA) is 54.4 Å². The molecular weight excluding hydrogens is 188 g/mol. The molecule has 0 bridgehead atoms. The summed E-state index contributed by atoms with van der Waals surface area (Å²) in [7, 11) is -3.10. The van der Waals surface area contributed by atoms with Gasteiger partial charge in [0.25, 0.3) is 0 Å². The predicted octanol–water partition coefficient (Wildman–Crippen LogP) is 0.971. The minimum absolute atomic E-state index is 0.258. The van der Waals surface area contributed by atoms with Gasteiger partial charge in [-0.2, -0.15) is 0 Å². The van der Waals surface area contributed by atoms with Gasteiger partial charge in [-0.25, -0.2) is 8.42 Å². The van der Waals surface area contributed by atoms with Crippen molar-refractivity contribution >= 4 is 9.84 Å². The molecule has 0 radical (unpaired) electrons. The van der Waals surface area contributed by atoms with Gasteiger partial charge in [-0.3, -0.25) is 0 Å². The molecule has 1 aliphatic rings. The second-order valence-corrected chi connectivity index (χ2v) is 6.96. The molecule has 0 amide bonds. The summed E-state index contributed by atoms with van der Waals surface area (Å²) in [5, 5.41) is 9.29. The lowest BCUT2D eigenvalue weighted by atomic mass is 9.75. The summed E-state index contributed by atoms with van der Waals surface area (Å²) in [4.78, 5) is 0. The van der Waals surface area contributed by atoms with E-state index < -0.39 is 21.2 Å². The first-order valence-corrected chi connectivity index (χ1v) is 6.57. The van der Waals surface area contributed by atoms with Crippen LogP contribution in [0.3, 0.4) is 0 Å². The monoisotopic (exact) mass is 206 g/mol. The van der Waals surface area contributed by atoms with E-state index in [2.05, 4.69) is 0 Å². The van der Waals surface area contributed by atoms with Crippen LogP contribution in [0.5, 0.6) is 0 Å². The van der Waals surface area contributed by atoms with Crippen molar-refractivity contribution in [2.45, 2.75) is 44.5 Å². The van der Waals surface area contributed by atoms with Crippen LogP contribution in [0.1, 0.15) is 33.1 Å². The van der Waals surface area contributed by atoms with Crippen LogP contribution in [0.15, 0.2) is 0 Å². The number of sulfone groups is 1. The summed E-state index contributed by atoms with van der Waals surface area (Å²) in [6, 6.07) is 0. The van der Waals surface area contributed by atoms with E-state index in [0.717, 1.165) is 12.8 Å². The molecule has 0 heterocycles. The smallest absolute Gasteiger partial charge is 0.152 e. The largest absolute Gasteiger partial charge is 0.391 e. The van der Waals surface area contributed by atoms with E-state index in [4.69, 9.17) is 0 Å². The highest BCUT2D eigenvalue weighted by Crippen LogP contribution is 2.38. The molecule has 1 fully saturated rings. The average Bonchev–Trinajstić information content (AvgIpc) is 1.92. The van der Waals surface area contributed by atoms with Gasteiger partial charge in [0.2, 0.25) is 0 Å². The van der Waals surface area contributed by atoms with Gasteiger partial charge in [-0.1, -0.05) is 20.3 Å². The molecule has 1 N–H and O–H groups in total. The van der Waals surface area contributed by atoms with Crippen molar-refractivity contribution in [3.8, 4) is 0 Å². The standard InChI is InChI=1S/C9H18O3S/c1-9(2)6-4-5-7(8(9)10)13(3,11)12/h7-8,10H,4-6H2,1-3H3. The molecule has 0 aromatic carbocycles. The Morgan fingerprint density at radius 2 is 1.92 bits per heavy atom. The summed E-state index contributed by atoms with van der Waals surface area (Å²) < 4.78 is 22.6. The normalized spacial score (nSPS) is 34.5. The maximum atomic E-state index is 11.3. The zero-order valence-electron chi connectivity index (χ0n) is 8.45. The van der Waals surface area contributed by atoms with Gasteiger partial charge < -0.3 is 5.11 Å². The molecule has 1 aliphatic carbocycles. The minimum atomic E-state index is -3.10. The lowest BCUT2D eigenvalue weighted by molar-refractivity contribution is 0.0169. The van der Waals surface area contributed by atoms with Crippen LogP contribution in [-0.2, 0) is 9.84 Å². The Labute approximate surface area is 80.1 Å². The van der Waals surface area contributed by atoms with Gasteiger partial charge in [0.1, 0.15) is 0 Å². The molecule has 13 heavy (non-hydrogen) atoms. The SMILES string of the molecule is CC1(C)CCCC(S(C)(=O)=O)C1O. The molecule has 78 valence electrons. The van der Waals surface area contributed by atoms with Crippen LogP contribution in [0.2, 0.25) is 0 Å². The minimum Gasteiger partial charge on any atom is -0.391 e. The predicted molar refractivity (Wildman–Crippen MR) is 52.3 cm³/mol. The van der Waals surface area contributed by atoms with Crippen molar-refractivity contribution in [2.24, 2.45) is 5.41 Å². The van der Waals surface area contributed by atoms with Crippen LogP contribution < -0.4 is 0 Å². The van der Waals surface area contributed by atoms with Crippen LogP contribution in [0.25, 0.3) is 0 Å². The Kier molecular flexibility index (Phi) is 2.74. The summed E-state index contributed by atoms with van der Waals surface area (Å²) in [6.07, 6.45) is 2.89. The highest BCUT2D eigenvalue weighted by molar-refractivity contribution is 7.91. The van der Waals surface area contributed by atoms with E-state index in [1.165, 1.54) is 6.26 Å². The molecule has 2 atom stereocenters. The summed E-state index contributed by atoms with van der Waals surface area (Å²) >= 11 is 0. The first kappa shape index (κ1) is 11.0. The van der Waals surface area contributed by atoms with Gasteiger partial charge in [-0.15, -0.1) is 0 Å². The van der Waals surface area contributed by atoms with Crippen molar-refractivity contribution < 1.29 is 13.5 Å². The van der Waals surface area contributed by atoms with Crippen molar-refractivity contribution in [3.05, 3.63) is 0 Å². The van der Waals surface area contributed by atoms with E-state index in [0.29, 0.717) is 6.42 Å². The maximum absolute atomic E-state index is 11.3. The van der Waals surface area contributed by atoms with Crippen molar-refractivity contribution in [1.82, 2.24) is 0 Å². The van der Waals surface area contributed by atoms with Gasteiger partial charge in [0.15, 0.2) is 9.84 Å². The zero-order valence-corrected chi connectivity index (χ0v) is 9.26. The molecule has 1 rings (SSSR count).